The van der Waals surface area contributed by atoms with E-state index in [0.717, 1.165) is 31.7 Å². The van der Waals surface area contributed by atoms with Crippen LogP contribution in [-0.2, 0) is 11.2 Å². The van der Waals surface area contributed by atoms with Gasteiger partial charge in [-0.3, -0.25) is 4.79 Å². The molecule has 1 heterocycles. The SMILES string of the molecule is O=C(Cc1ccccc1)N1CC[NH2+]CC1. The van der Waals surface area contributed by atoms with E-state index in [1.54, 1.807) is 0 Å². The molecule has 1 aromatic rings. The molecule has 0 aliphatic carbocycles. The molecule has 3 heteroatoms. The van der Waals surface area contributed by atoms with Crippen LogP contribution in [0.4, 0.5) is 0 Å². The minimum Gasteiger partial charge on any atom is -0.343 e. The average Bonchev–Trinajstić information content (AvgIpc) is 2.31. The number of piperazine rings is 1. The first-order valence-corrected chi connectivity index (χ1v) is 5.49. The lowest BCUT2D eigenvalue weighted by Crippen LogP contribution is -2.89. The summed E-state index contributed by atoms with van der Waals surface area (Å²) in [4.78, 5) is 13.8. The second kappa shape index (κ2) is 4.94. The van der Waals surface area contributed by atoms with Gasteiger partial charge in [-0.2, -0.15) is 0 Å². The highest BCUT2D eigenvalue weighted by atomic mass is 16.2. The molecule has 1 fully saturated rings. The smallest absolute Gasteiger partial charge is 0.227 e. The van der Waals surface area contributed by atoms with Crippen molar-refractivity contribution in [2.24, 2.45) is 0 Å². The van der Waals surface area contributed by atoms with Crippen LogP contribution in [-0.4, -0.2) is 37.0 Å². The van der Waals surface area contributed by atoms with Gasteiger partial charge in [0.15, 0.2) is 0 Å². The molecule has 1 amide bonds. The van der Waals surface area contributed by atoms with Crippen molar-refractivity contribution in [1.29, 1.82) is 0 Å². The van der Waals surface area contributed by atoms with Gasteiger partial charge >= 0.3 is 0 Å². The lowest BCUT2D eigenvalue weighted by molar-refractivity contribution is -0.662. The van der Waals surface area contributed by atoms with Crippen LogP contribution in [0.25, 0.3) is 0 Å². The van der Waals surface area contributed by atoms with Crippen LogP contribution in [0.1, 0.15) is 5.56 Å². The van der Waals surface area contributed by atoms with Crippen LogP contribution in [0, 0.1) is 0 Å². The Morgan fingerprint density at radius 1 is 1.20 bits per heavy atom. The van der Waals surface area contributed by atoms with Crippen molar-refractivity contribution in [3.8, 4) is 0 Å². The number of quaternary nitrogens is 1. The Kier molecular flexibility index (Phi) is 3.35. The predicted octanol–water partition coefficient (Wildman–Crippen LogP) is -0.365. The zero-order valence-electron chi connectivity index (χ0n) is 8.86. The molecular weight excluding hydrogens is 188 g/mol. The molecule has 2 rings (SSSR count). The molecule has 0 aromatic heterocycles. The molecule has 15 heavy (non-hydrogen) atoms. The fourth-order valence-electron chi connectivity index (χ4n) is 1.88. The van der Waals surface area contributed by atoms with Crippen molar-refractivity contribution in [2.75, 3.05) is 26.2 Å². The first-order chi connectivity index (χ1) is 7.36. The number of nitrogens with zero attached hydrogens (tertiary/aromatic N) is 1. The van der Waals surface area contributed by atoms with E-state index < -0.39 is 0 Å². The van der Waals surface area contributed by atoms with E-state index in [2.05, 4.69) is 5.32 Å². The summed E-state index contributed by atoms with van der Waals surface area (Å²) in [6, 6.07) is 9.95. The Morgan fingerprint density at radius 2 is 1.87 bits per heavy atom. The zero-order chi connectivity index (χ0) is 10.5. The summed E-state index contributed by atoms with van der Waals surface area (Å²) in [5, 5.41) is 2.26. The van der Waals surface area contributed by atoms with Crippen LogP contribution in [0.2, 0.25) is 0 Å². The van der Waals surface area contributed by atoms with Crippen molar-refractivity contribution < 1.29 is 10.1 Å². The van der Waals surface area contributed by atoms with Gasteiger partial charge in [0.1, 0.15) is 0 Å². The summed E-state index contributed by atoms with van der Waals surface area (Å²) >= 11 is 0. The quantitative estimate of drug-likeness (QED) is 0.703. The zero-order valence-corrected chi connectivity index (χ0v) is 8.86. The lowest BCUT2D eigenvalue weighted by Gasteiger charge is -2.25. The predicted molar refractivity (Wildman–Crippen MR) is 58.4 cm³/mol. The molecule has 0 spiro atoms. The Balaban J connectivity index is 1.91. The summed E-state index contributed by atoms with van der Waals surface area (Å²) in [6.07, 6.45) is 0.542. The highest BCUT2D eigenvalue weighted by molar-refractivity contribution is 5.78. The highest BCUT2D eigenvalue weighted by Gasteiger charge is 2.17. The van der Waals surface area contributed by atoms with Crippen molar-refractivity contribution in [3.63, 3.8) is 0 Å². The molecule has 3 nitrogen and oxygen atoms in total. The van der Waals surface area contributed by atoms with E-state index in [-0.39, 0.29) is 5.91 Å². The largest absolute Gasteiger partial charge is 0.343 e. The van der Waals surface area contributed by atoms with Crippen LogP contribution < -0.4 is 5.32 Å². The molecule has 0 unspecified atom stereocenters. The fourth-order valence-corrected chi connectivity index (χ4v) is 1.88. The van der Waals surface area contributed by atoms with E-state index in [4.69, 9.17) is 0 Å². The Labute approximate surface area is 90.1 Å². The molecule has 80 valence electrons. The summed E-state index contributed by atoms with van der Waals surface area (Å²) in [5.74, 6) is 0.259. The molecular formula is C12H17N2O+. The number of amides is 1. The maximum atomic E-state index is 11.9. The number of carbonyl (C=O) groups is 1. The first kappa shape index (κ1) is 10.2. The number of nitrogens with two attached hydrogens (primary N) is 1. The molecule has 1 aliphatic heterocycles. The second-order valence-corrected chi connectivity index (χ2v) is 3.91. The molecule has 0 atom stereocenters. The van der Waals surface area contributed by atoms with Crippen molar-refractivity contribution in [2.45, 2.75) is 6.42 Å². The normalized spacial score (nSPS) is 16.4. The van der Waals surface area contributed by atoms with Gasteiger partial charge in [0.2, 0.25) is 5.91 Å². The number of benzene rings is 1. The third-order valence-corrected chi connectivity index (χ3v) is 2.76. The number of rotatable bonds is 2. The van der Waals surface area contributed by atoms with Crippen LogP contribution >= 0.6 is 0 Å². The molecule has 2 N–H and O–H groups in total. The number of hydrogen-bond donors (Lipinski definition) is 1. The second-order valence-electron chi connectivity index (χ2n) is 3.91. The summed E-state index contributed by atoms with van der Waals surface area (Å²) in [6.45, 7) is 3.87. The van der Waals surface area contributed by atoms with Crippen molar-refractivity contribution in [3.05, 3.63) is 35.9 Å². The van der Waals surface area contributed by atoms with Crippen LogP contribution in [0.15, 0.2) is 30.3 Å². The first-order valence-electron chi connectivity index (χ1n) is 5.49. The number of hydrogen-bond acceptors (Lipinski definition) is 1. The standard InChI is InChI=1S/C12H16N2O/c15-12(14-8-6-13-7-9-14)10-11-4-2-1-3-5-11/h1-5,13H,6-10H2/p+1. The monoisotopic (exact) mass is 205 g/mol. The van der Waals surface area contributed by atoms with E-state index in [0.29, 0.717) is 6.42 Å². The van der Waals surface area contributed by atoms with Crippen molar-refractivity contribution in [1.82, 2.24) is 4.90 Å². The molecule has 1 aliphatic rings. The Hall–Kier alpha value is -1.35. The van der Waals surface area contributed by atoms with Gasteiger partial charge in [-0.15, -0.1) is 0 Å². The molecule has 0 saturated carbocycles. The van der Waals surface area contributed by atoms with Gasteiger partial charge in [-0.1, -0.05) is 30.3 Å². The molecule has 0 radical (unpaired) electrons. The third kappa shape index (κ3) is 2.80. The summed E-state index contributed by atoms with van der Waals surface area (Å²) in [7, 11) is 0. The van der Waals surface area contributed by atoms with Gasteiger partial charge in [0, 0.05) is 0 Å². The van der Waals surface area contributed by atoms with Crippen LogP contribution in [0.3, 0.4) is 0 Å². The van der Waals surface area contributed by atoms with Gasteiger partial charge in [-0.05, 0) is 5.56 Å². The lowest BCUT2D eigenvalue weighted by atomic mass is 10.1. The van der Waals surface area contributed by atoms with Gasteiger partial charge in [0.25, 0.3) is 0 Å². The van der Waals surface area contributed by atoms with E-state index in [1.165, 1.54) is 0 Å². The van der Waals surface area contributed by atoms with Gasteiger partial charge < -0.3 is 10.2 Å². The topological polar surface area (TPSA) is 36.9 Å². The summed E-state index contributed by atoms with van der Waals surface area (Å²) < 4.78 is 0. The van der Waals surface area contributed by atoms with Gasteiger partial charge in [-0.25, -0.2) is 0 Å². The molecule has 1 saturated heterocycles. The average molecular weight is 205 g/mol. The van der Waals surface area contributed by atoms with Gasteiger partial charge in [0.05, 0.1) is 32.6 Å². The highest BCUT2D eigenvalue weighted by Crippen LogP contribution is 2.02. The fraction of sp³-hybridized carbons (Fsp3) is 0.417. The molecule has 1 aromatic carbocycles. The van der Waals surface area contributed by atoms with Crippen LogP contribution in [0.5, 0.6) is 0 Å². The maximum Gasteiger partial charge on any atom is 0.227 e. The Morgan fingerprint density at radius 3 is 2.53 bits per heavy atom. The van der Waals surface area contributed by atoms with E-state index in [9.17, 15) is 4.79 Å². The minimum atomic E-state index is 0.259. The van der Waals surface area contributed by atoms with Crippen molar-refractivity contribution >= 4 is 5.91 Å². The summed E-state index contributed by atoms with van der Waals surface area (Å²) in [5.41, 5.74) is 1.11. The minimum absolute atomic E-state index is 0.259. The van der Waals surface area contributed by atoms with E-state index >= 15 is 0 Å². The Bertz CT molecular complexity index is 318. The third-order valence-electron chi connectivity index (χ3n) is 2.76. The molecule has 0 bridgehead atoms. The number of carbonyl (C=O) groups excluding carboxylic acids is 1. The van der Waals surface area contributed by atoms with E-state index in [1.807, 2.05) is 35.2 Å². The maximum absolute atomic E-state index is 11.9.